The molecule has 1 aromatic rings. The van der Waals surface area contributed by atoms with E-state index in [-0.39, 0.29) is 5.78 Å². The van der Waals surface area contributed by atoms with Crippen LogP contribution < -0.4 is 17.2 Å². The van der Waals surface area contributed by atoms with E-state index < -0.39 is 0 Å². The first-order valence-electron chi connectivity index (χ1n) is 3.84. The molecule has 5 nitrogen and oxygen atoms in total. The van der Waals surface area contributed by atoms with Crippen molar-refractivity contribution in [2.45, 2.75) is 13.3 Å². The fourth-order valence-corrected chi connectivity index (χ4v) is 1.12. The van der Waals surface area contributed by atoms with Gasteiger partial charge in [-0.05, 0) is 13.0 Å². The van der Waals surface area contributed by atoms with Gasteiger partial charge in [-0.1, -0.05) is 6.07 Å². The number of hydrogen-bond donors (Lipinski definition) is 2. The van der Waals surface area contributed by atoms with E-state index in [0.29, 0.717) is 11.9 Å². The van der Waals surface area contributed by atoms with Crippen molar-refractivity contribution in [3.8, 4) is 0 Å². The molecule has 0 unspecified atom stereocenters. The Balaban J connectivity index is 3.22. The Hall–Kier alpha value is -1.78. The van der Waals surface area contributed by atoms with Crippen molar-refractivity contribution in [1.29, 1.82) is 0 Å². The van der Waals surface area contributed by atoms with Crippen LogP contribution in [0.5, 0.6) is 0 Å². The Labute approximate surface area is 75.6 Å². The summed E-state index contributed by atoms with van der Waals surface area (Å²) in [6, 6.07) is 3.52. The van der Waals surface area contributed by atoms with Crippen LogP contribution in [0.15, 0.2) is 23.4 Å². The summed E-state index contributed by atoms with van der Waals surface area (Å²) >= 11 is 0. The molecule has 0 saturated carbocycles. The van der Waals surface area contributed by atoms with Crippen LogP contribution in [0.4, 0.5) is 0 Å². The van der Waals surface area contributed by atoms with Crippen molar-refractivity contribution in [2.24, 2.45) is 10.9 Å². The normalized spacial score (nSPS) is 11.6. The van der Waals surface area contributed by atoms with Gasteiger partial charge >= 0.3 is 0 Å². The predicted octanol–water partition coefficient (Wildman–Crippen LogP) is -0.892. The van der Waals surface area contributed by atoms with Crippen LogP contribution >= 0.6 is 0 Å². The largest absolute Gasteiger partial charge is 0.338 e. The van der Waals surface area contributed by atoms with Gasteiger partial charge in [-0.2, -0.15) is 5.10 Å². The van der Waals surface area contributed by atoms with Gasteiger partial charge in [0.15, 0.2) is 5.49 Å². The first-order valence-corrected chi connectivity index (χ1v) is 3.84. The minimum absolute atomic E-state index is 0.0519. The smallest absolute Gasteiger partial charge is 0.173 e. The van der Waals surface area contributed by atoms with Gasteiger partial charge in [-0.25, -0.2) is 0 Å². The van der Waals surface area contributed by atoms with Crippen LogP contribution in [0.2, 0.25) is 0 Å². The second-order valence-corrected chi connectivity index (χ2v) is 2.77. The molecule has 1 rings (SSSR count). The van der Waals surface area contributed by atoms with E-state index in [1.54, 1.807) is 18.3 Å². The van der Waals surface area contributed by atoms with Gasteiger partial charge in [-0.15, -0.1) is 0 Å². The monoisotopic (exact) mass is 180 g/mol. The zero-order chi connectivity index (χ0) is 9.84. The molecule has 1 heterocycles. The molecule has 0 spiro atoms. The van der Waals surface area contributed by atoms with Crippen LogP contribution in [-0.2, 0) is 11.2 Å². The van der Waals surface area contributed by atoms with Gasteiger partial charge in [0.05, 0.1) is 0 Å². The van der Waals surface area contributed by atoms with Gasteiger partial charge in [-0.3, -0.25) is 9.47 Å². The summed E-state index contributed by atoms with van der Waals surface area (Å²) in [5, 5.41) is 3.51. The second-order valence-electron chi connectivity index (χ2n) is 2.77. The van der Waals surface area contributed by atoms with Crippen LogP contribution in [0.3, 0.4) is 0 Å². The molecule has 0 aliphatic carbocycles. The third-order valence-electron chi connectivity index (χ3n) is 1.64. The summed E-state index contributed by atoms with van der Waals surface area (Å²) in [5.41, 5.74) is 1.16. The molecular weight excluding hydrogens is 168 g/mol. The van der Waals surface area contributed by atoms with Crippen molar-refractivity contribution in [3.63, 3.8) is 0 Å². The second kappa shape index (κ2) is 3.75. The highest BCUT2D eigenvalue weighted by molar-refractivity contribution is 5.77. The number of rotatable bonds is 2. The minimum Gasteiger partial charge on any atom is -0.338 e. The molecule has 0 aromatic carbocycles. The van der Waals surface area contributed by atoms with Gasteiger partial charge in [0, 0.05) is 18.2 Å². The molecule has 5 heteroatoms. The summed E-state index contributed by atoms with van der Waals surface area (Å²) in [5.74, 6) is 10.7. The molecule has 0 aliphatic rings. The lowest BCUT2D eigenvalue weighted by molar-refractivity contribution is -0.116. The summed E-state index contributed by atoms with van der Waals surface area (Å²) in [6.45, 7) is 1.51. The molecule has 0 aliphatic heterocycles. The lowest BCUT2D eigenvalue weighted by Gasteiger charge is -2.03. The molecule has 0 atom stereocenters. The number of Topliss-reactive ketones (excluding diaryl/α,β-unsaturated/α-hetero) is 1. The standard InChI is InChI=1S/C8H12N4O/c1-6(13)5-7-3-2-4-12(10)8(7)11-9/h2-4H,5,9-10H2,1H3/b11-8-. The van der Waals surface area contributed by atoms with Crippen molar-refractivity contribution >= 4 is 5.78 Å². The lowest BCUT2D eigenvalue weighted by atomic mass is 10.1. The van der Waals surface area contributed by atoms with Gasteiger partial charge < -0.3 is 11.7 Å². The maximum Gasteiger partial charge on any atom is 0.173 e. The van der Waals surface area contributed by atoms with Crippen molar-refractivity contribution < 1.29 is 4.79 Å². The quantitative estimate of drug-likeness (QED) is 0.457. The van der Waals surface area contributed by atoms with E-state index in [2.05, 4.69) is 5.10 Å². The zero-order valence-corrected chi connectivity index (χ0v) is 7.40. The SMILES string of the molecule is CC(=O)Cc1cccn(N)/c1=N\N. The highest BCUT2D eigenvalue weighted by Crippen LogP contribution is 1.92. The van der Waals surface area contributed by atoms with E-state index in [9.17, 15) is 4.79 Å². The number of carbonyl (C=O) groups excluding carboxylic acids is 1. The predicted molar refractivity (Wildman–Crippen MR) is 48.7 cm³/mol. The Morgan fingerprint density at radius 3 is 2.92 bits per heavy atom. The van der Waals surface area contributed by atoms with Crippen LogP contribution in [0.1, 0.15) is 12.5 Å². The molecule has 0 radical (unpaired) electrons. The van der Waals surface area contributed by atoms with Crippen molar-refractivity contribution in [1.82, 2.24) is 4.68 Å². The number of nitrogens with zero attached hydrogens (tertiary/aromatic N) is 2. The molecule has 4 N–H and O–H groups in total. The number of hydrogen-bond acceptors (Lipinski definition) is 4. The van der Waals surface area contributed by atoms with E-state index in [1.807, 2.05) is 0 Å². The third kappa shape index (κ3) is 2.08. The zero-order valence-electron chi connectivity index (χ0n) is 7.40. The van der Waals surface area contributed by atoms with E-state index in [0.717, 1.165) is 5.56 Å². The Morgan fingerprint density at radius 1 is 1.69 bits per heavy atom. The molecule has 0 amide bonds. The van der Waals surface area contributed by atoms with E-state index >= 15 is 0 Å². The Bertz CT molecular complexity index is 380. The highest BCUT2D eigenvalue weighted by atomic mass is 16.1. The maximum absolute atomic E-state index is 10.9. The Morgan fingerprint density at radius 2 is 2.38 bits per heavy atom. The number of carbonyl (C=O) groups is 1. The van der Waals surface area contributed by atoms with Crippen molar-refractivity contribution in [2.75, 3.05) is 5.84 Å². The molecule has 0 saturated heterocycles. The molecule has 1 aromatic heterocycles. The maximum atomic E-state index is 10.9. The number of nitrogens with two attached hydrogens (primary N) is 2. The molecule has 70 valence electrons. The average molecular weight is 180 g/mol. The average Bonchev–Trinajstić information content (AvgIpc) is 2.03. The molecule has 0 fully saturated rings. The fourth-order valence-electron chi connectivity index (χ4n) is 1.12. The van der Waals surface area contributed by atoms with Crippen LogP contribution in [-0.4, -0.2) is 10.5 Å². The molecule has 0 bridgehead atoms. The van der Waals surface area contributed by atoms with E-state index in [1.165, 1.54) is 11.6 Å². The van der Waals surface area contributed by atoms with Crippen molar-refractivity contribution in [3.05, 3.63) is 29.4 Å². The molecular formula is C8H12N4O. The summed E-state index contributed by atoms with van der Waals surface area (Å²) in [7, 11) is 0. The topological polar surface area (TPSA) is 86.4 Å². The number of aromatic nitrogens is 1. The highest BCUT2D eigenvalue weighted by Gasteiger charge is 2.01. The molecule has 13 heavy (non-hydrogen) atoms. The summed E-state index contributed by atoms with van der Waals surface area (Å²) in [4.78, 5) is 10.9. The summed E-state index contributed by atoms with van der Waals surface area (Å²) < 4.78 is 1.29. The van der Waals surface area contributed by atoms with Gasteiger partial charge in [0.1, 0.15) is 5.78 Å². The van der Waals surface area contributed by atoms with Gasteiger partial charge in [0.25, 0.3) is 0 Å². The number of pyridine rings is 1. The van der Waals surface area contributed by atoms with Gasteiger partial charge in [0.2, 0.25) is 0 Å². The lowest BCUT2D eigenvalue weighted by Crippen LogP contribution is -2.32. The first-order chi connectivity index (χ1) is 6.15. The minimum atomic E-state index is 0.0519. The number of ketones is 1. The van der Waals surface area contributed by atoms with E-state index in [4.69, 9.17) is 11.7 Å². The summed E-state index contributed by atoms with van der Waals surface area (Å²) in [6.07, 6.45) is 1.92. The van der Waals surface area contributed by atoms with Crippen LogP contribution in [0.25, 0.3) is 0 Å². The first kappa shape index (κ1) is 9.31. The third-order valence-corrected chi connectivity index (χ3v) is 1.64. The number of nitrogen functional groups attached to an aromatic ring is 1. The Kier molecular flexibility index (Phi) is 2.69. The fraction of sp³-hybridized carbons (Fsp3) is 0.250. The van der Waals surface area contributed by atoms with Crippen LogP contribution in [0, 0.1) is 0 Å².